The monoisotopic (exact) mass is 368 g/mol. The van der Waals surface area contributed by atoms with Crippen LogP contribution < -0.4 is 4.74 Å². The Hall–Kier alpha value is -3.48. The molecule has 0 unspecified atom stereocenters. The first-order chi connectivity index (χ1) is 13.1. The van der Waals surface area contributed by atoms with E-state index < -0.39 is 11.6 Å². The highest BCUT2D eigenvalue weighted by Crippen LogP contribution is 2.23. The fourth-order valence-corrected chi connectivity index (χ4v) is 2.46. The second-order valence-electron chi connectivity index (χ2n) is 5.76. The summed E-state index contributed by atoms with van der Waals surface area (Å²) in [4.78, 5) is 23.7. The van der Waals surface area contributed by atoms with Crippen LogP contribution >= 0.6 is 0 Å². The van der Waals surface area contributed by atoms with Gasteiger partial charge in [0.15, 0.2) is 17.4 Å². The zero-order valence-corrected chi connectivity index (χ0v) is 14.1. The van der Waals surface area contributed by atoms with Crippen molar-refractivity contribution >= 4 is 12.1 Å². The van der Waals surface area contributed by atoms with Gasteiger partial charge in [0, 0.05) is 18.2 Å². The highest BCUT2D eigenvalue weighted by molar-refractivity contribution is 6.01. The van der Waals surface area contributed by atoms with Crippen molar-refractivity contribution in [2.75, 3.05) is 0 Å². The number of ketones is 1. The molecule has 0 aliphatic heterocycles. The summed E-state index contributed by atoms with van der Waals surface area (Å²) < 4.78 is 32.0. The summed E-state index contributed by atoms with van der Waals surface area (Å²) in [6.45, 7) is -0.0608. The molecule has 7 heteroatoms. The third-order valence-corrected chi connectivity index (χ3v) is 3.83. The maximum absolute atomic E-state index is 13.3. The Morgan fingerprint density at radius 3 is 2.56 bits per heavy atom. The van der Waals surface area contributed by atoms with Gasteiger partial charge in [-0.2, -0.15) is 10.2 Å². The van der Waals surface area contributed by atoms with Gasteiger partial charge in [-0.15, -0.1) is 0 Å². The molecule has 0 radical (unpaired) electrons. The van der Waals surface area contributed by atoms with Gasteiger partial charge in [-0.05, 0) is 47.5 Å². The average molecular weight is 368 g/mol. The molecule has 0 bridgehead atoms. The lowest BCUT2D eigenvalue weighted by Crippen LogP contribution is -2.08. The Kier molecular flexibility index (Phi) is 5.61. The molecule has 3 aromatic rings. The van der Waals surface area contributed by atoms with Crippen LogP contribution in [0, 0.1) is 11.6 Å². The first-order valence-corrected chi connectivity index (χ1v) is 8.01. The maximum atomic E-state index is 13.3. The van der Waals surface area contributed by atoms with E-state index in [1.54, 1.807) is 6.07 Å². The molecule has 5 nitrogen and oxygen atoms in total. The van der Waals surface area contributed by atoms with Crippen molar-refractivity contribution in [1.29, 1.82) is 0 Å². The molecule has 27 heavy (non-hydrogen) atoms. The van der Waals surface area contributed by atoms with Crippen molar-refractivity contribution in [3.8, 4) is 5.75 Å². The number of carbonyl (C=O) groups excluding carboxylic acids is 2. The molecule has 0 aliphatic carbocycles. The van der Waals surface area contributed by atoms with Crippen LogP contribution in [0.2, 0.25) is 0 Å². The van der Waals surface area contributed by atoms with Gasteiger partial charge in [0.1, 0.15) is 18.6 Å². The molecule has 3 rings (SSSR count). The zero-order chi connectivity index (χ0) is 19.2. The summed E-state index contributed by atoms with van der Waals surface area (Å²) in [7, 11) is 0. The molecular formula is C20H14F2N2O3. The zero-order valence-electron chi connectivity index (χ0n) is 14.1. The van der Waals surface area contributed by atoms with E-state index in [4.69, 9.17) is 4.74 Å². The number of benzene rings is 2. The van der Waals surface area contributed by atoms with E-state index in [2.05, 4.69) is 10.2 Å². The van der Waals surface area contributed by atoms with Gasteiger partial charge < -0.3 is 4.74 Å². The Balaban J connectivity index is 1.82. The fraction of sp³-hybridized carbons (Fsp3) is 0.100. The summed E-state index contributed by atoms with van der Waals surface area (Å²) in [6, 6.07) is 9.54. The molecular weight excluding hydrogens is 354 g/mol. The van der Waals surface area contributed by atoms with Crippen LogP contribution in [-0.2, 0) is 13.0 Å². The number of nitrogens with zero attached hydrogens (tertiary/aromatic N) is 2. The van der Waals surface area contributed by atoms with Crippen molar-refractivity contribution in [3.63, 3.8) is 0 Å². The molecule has 0 amide bonds. The van der Waals surface area contributed by atoms with Crippen LogP contribution in [-0.4, -0.2) is 22.3 Å². The number of Topliss-reactive ketones (excluding diaryl/α,β-unsaturated/α-hetero) is 1. The second-order valence-corrected chi connectivity index (χ2v) is 5.76. The quantitative estimate of drug-likeness (QED) is 0.471. The third-order valence-electron chi connectivity index (χ3n) is 3.83. The highest BCUT2D eigenvalue weighted by atomic mass is 19.2. The molecule has 0 spiro atoms. The van der Waals surface area contributed by atoms with Crippen molar-refractivity contribution < 1.29 is 23.1 Å². The molecule has 0 saturated heterocycles. The number of hydrogen-bond acceptors (Lipinski definition) is 5. The summed E-state index contributed by atoms with van der Waals surface area (Å²) >= 11 is 0. The molecule has 0 aliphatic rings. The number of hydrogen-bond donors (Lipinski definition) is 0. The minimum absolute atomic E-state index is 0.0549. The number of ether oxygens (including phenoxy) is 1. The molecule has 0 atom stereocenters. The summed E-state index contributed by atoms with van der Waals surface area (Å²) in [5.74, 6) is -1.95. The van der Waals surface area contributed by atoms with Crippen molar-refractivity contribution in [3.05, 3.63) is 88.7 Å². The summed E-state index contributed by atoms with van der Waals surface area (Å²) in [5, 5.41) is 7.38. The van der Waals surface area contributed by atoms with E-state index in [9.17, 15) is 18.4 Å². The minimum Gasteiger partial charge on any atom is -0.488 e. The van der Waals surface area contributed by atoms with E-state index in [0.29, 0.717) is 23.0 Å². The Morgan fingerprint density at radius 2 is 1.85 bits per heavy atom. The van der Waals surface area contributed by atoms with Crippen LogP contribution in [0.1, 0.15) is 31.8 Å². The topological polar surface area (TPSA) is 69.2 Å². The van der Waals surface area contributed by atoms with Gasteiger partial charge in [0.05, 0.1) is 11.8 Å². The molecule has 1 heterocycles. The number of aromatic nitrogens is 2. The van der Waals surface area contributed by atoms with E-state index in [1.165, 1.54) is 36.7 Å². The lowest BCUT2D eigenvalue weighted by Gasteiger charge is -2.12. The predicted octanol–water partition coefficient (Wildman–Crippen LogP) is 3.57. The maximum Gasteiger partial charge on any atom is 0.171 e. The smallest absolute Gasteiger partial charge is 0.171 e. The molecule has 0 saturated carbocycles. The van der Waals surface area contributed by atoms with Crippen LogP contribution in [0.15, 0.2) is 54.9 Å². The van der Waals surface area contributed by atoms with Crippen LogP contribution in [0.4, 0.5) is 8.78 Å². The first-order valence-electron chi connectivity index (χ1n) is 8.01. The molecule has 136 valence electrons. The number of aldehydes is 1. The highest BCUT2D eigenvalue weighted by Gasteiger charge is 2.15. The molecule has 0 N–H and O–H groups in total. The number of halogens is 2. The van der Waals surface area contributed by atoms with Crippen molar-refractivity contribution in [1.82, 2.24) is 10.2 Å². The average Bonchev–Trinajstić information content (AvgIpc) is 2.69. The largest absolute Gasteiger partial charge is 0.488 e. The van der Waals surface area contributed by atoms with Crippen LogP contribution in [0.3, 0.4) is 0 Å². The third kappa shape index (κ3) is 4.58. The SMILES string of the molecule is O=Cc1ccc(OCc2ccc(F)c(F)c2)c(C(=O)Cc2ccnnc2)c1. The second kappa shape index (κ2) is 8.27. The van der Waals surface area contributed by atoms with Gasteiger partial charge in [0.2, 0.25) is 0 Å². The Morgan fingerprint density at radius 1 is 1.00 bits per heavy atom. The summed E-state index contributed by atoms with van der Waals surface area (Å²) in [5.41, 5.74) is 1.62. The molecule has 2 aromatic carbocycles. The molecule has 1 aromatic heterocycles. The van der Waals surface area contributed by atoms with Gasteiger partial charge in [-0.3, -0.25) is 9.59 Å². The number of carbonyl (C=O) groups is 2. The van der Waals surface area contributed by atoms with Crippen molar-refractivity contribution in [2.24, 2.45) is 0 Å². The lowest BCUT2D eigenvalue weighted by atomic mass is 10.0. The van der Waals surface area contributed by atoms with E-state index in [-0.39, 0.29) is 30.1 Å². The van der Waals surface area contributed by atoms with Crippen molar-refractivity contribution in [2.45, 2.75) is 13.0 Å². The van der Waals surface area contributed by atoms with Crippen LogP contribution in [0.25, 0.3) is 0 Å². The van der Waals surface area contributed by atoms with Crippen LogP contribution in [0.5, 0.6) is 5.75 Å². The number of rotatable bonds is 7. The van der Waals surface area contributed by atoms with Gasteiger partial charge in [0.25, 0.3) is 0 Å². The van der Waals surface area contributed by atoms with Gasteiger partial charge in [-0.25, -0.2) is 8.78 Å². The fourth-order valence-electron chi connectivity index (χ4n) is 2.46. The first kappa shape index (κ1) is 18.3. The standard InChI is InChI=1S/C20H14F2N2O3/c21-17-3-1-15(8-18(17)22)12-27-20-4-2-14(11-25)7-16(20)19(26)9-13-5-6-23-24-10-13/h1-8,10-11H,9,12H2. The lowest BCUT2D eigenvalue weighted by molar-refractivity contribution is 0.0988. The Labute approximate surface area is 153 Å². The Bertz CT molecular complexity index is 978. The predicted molar refractivity (Wildman–Crippen MR) is 92.6 cm³/mol. The normalized spacial score (nSPS) is 10.4. The molecule has 0 fully saturated rings. The summed E-state index contributed by atoms with van der Waals surface area (Å²) in [6.07, 6.45) is 3.64. The van der Waals surface area contributed by atoms with E-state index in [0.717, 1.165) is 12.1 Å². The van der Waals surface area contributed by atoms with Gasteiger partial charge in [-0.1, -0.05) is 6.07 Å². The van der Waals surface area contributed by atoms with E-state index >= 15 is 0 Å². The van der Waals surface area contributed by atoms with Gasteiger partial charge >= 0.3 is 0 Å². The van der Waals surface area contributed by atoms with E-state index in [1.807, 2.05) is 0 Å². The minimum atomic E-state index is -0.978.